The molecular formula is C15H20F2N2O3. The number of carbonyl (C=O) groups excluding carboxylic acids is 1. The number of hydrazine groups is 1. The zero-order valence-electron chi connectivity index (χ0n) is 12.1. The number of carbonyl (C=O) groups is 1. The number of aliphatic hydroxyl groups is 1. The number of amides is 1. The summed E-state index contributed by atoms with van der Waals surface area (Å²) in [6.45, 7) is -2.87. The topological polar surface area (TPSA) is 70.6 Å². The molecule has 3 N–H and O–H groups in total. The molecular weight excluding hydrogens is 294 g/mol. The second kappa shape index (κ2) is 7.40. The summed E-state index contributed by atoms with van der Waals surface area (Å²) in [5.74, 6) is -0.263. The van der Waals surface area contributed by atoms with Crippen molar-refractivity contribution < 1.29 is 23.4 Å². The van der Waals surface area contributed by atoms with Crippen LogP contribution in [0.4, 0.5) is 14.5 Å². The molecule has 0 aromatic heterocycles. The van der Waals surface area contributed by atoms with E-state index in [1.54, 1.807) is 0 Å². The highest BCUT2D eigenvalue weighted by atomic mass is 19.3. The fourth-order valence-electron chi connectivity index (χ4n) is 2.59. The van der Waals surface area contributed by atoms with Crippen LogP contribution < -0.4 is 15.6 Å². The Hall–Kier alpha value is -1.89. The Morgan fingerprint density at radius 1 is 1.23 bits per heavy atom. The molecule has 7 heteroatoms. The van der Waals surface area contributed by atoms with Crippen LogP contribution >= 0.6 is 0 Å². The second-order valence-electron chi connectivity index (χ2n) is 5.54. The van der Waals surface area contributed by atoms with Crippen molar-refractivity contribution in [3.05, 3.63) is 24.3 Å². The number of nitrogens with one attached hydrogen (secondary N) is 2. The fraction of sp³-hybridized carbons (Fsp3) is 0.533. The highest BCUT2D eigenvalue weighted by Gasteiger charge is 2.31. The van der Waals surface area contributed by atoms with Crippen LogP contribution in [0.2, 0.25) is 0 Å². The zero-order chi connectivity index (χ0) is 16.0. The van der Waals surface area contributed by atoms with Gasteiger partial charge >= 0.3 is 6.61 Å². The summed E-state index contributed by atoms with van der Waals surface area (Å²) in [6, 6.07) is 5.76. The van der Waals surface area contributed by atoms with E-state index in [0.717, 1.165) is 19.3 Å². The molecule has 0 aliphatic heterocycles. The number of hydrogen-bond acceptors (Lipinski definition) is 4. The first-order valence-corrected chi connectivity index (χ1v) is 7.29. The molecule has 2 rings (SSSR count). The Balaban J connectivity index is 1.78. The Morgan fingerprint density at radius 2 is 1.86 bits per heavy atom. The van der Waals surface area contributed by atoms with E-state index in [4.69, 9.17) is 0 Å². The highest BCUT2D eigenvalue weighted by Crippen LogP contribution is 2.30. The molecule has 1 amide bonds. The minimum Gasteiger partial charge on any atom is -0.435 e. The fourth-order valence-corrected chi connectivity index (χ4v) is 2.59. The first kappa shape index (κ1) is 16.5. The molecule has 1 aliphatic rings. The van der Waals surface area contributed by atoms with Crippen molar-refractivity contribution >= 4 is 11.6 Å². The quantitative estimate of drug-likeness (QED) is 0.706. The minimum atomic E-state index is -2.87. The third-order valence-electron chi connectivity index (χ3n) is 3.70. The summed E-state index contributed by atoms with van der Waals surface area (Å²) in [5, 5.41) is 10.3. The molecule has 5 nitrogen and oxygen atoms in total. The number of halogens is 2. The molecule has 0 saturated heterocycles. The summed E-state index contributed by atoms with van der Waals surface area (Å²) in [4.78, 5) is 11.8. The molecule has 122 valence electrons. The first-order valence-electron chi connectivity index (χ1n) is 7.29. The van der Waals surface area contributed by atoms with Crippen LogP contribution in [0.5, 0.6) is 5.75 Å². The lowest BCUT2D eigenvalue weighted by Crippen LogP contribution is -2.40. The Bertz CT molecular complexity index is 488. The zero-order valence-corrected chi connectivity index (χ0v) is 12.1. The largest absolute Gasteiger partial charge is 0.435 e. The third kappa shape index (κ3) is 5.14. The number of anilines is 1. The van der Waals surface area contributed by atoms with Crippen molar-refractivity contribution in [2.75, 3.05) is 5.43 Å². The molecule has 1 saturated carbocycles. The van der Waals surface area contributed by atoms with Gasteiger partial charge in [0.25, 0.3) is 0 Å². The van der Waals surface area contributed by atoms with Crippen LogP contribution in [0.3, 0.4) is 0 Å². The van der Waals surface area contributed by atoms with Crippen molar-refractivity contribution in [2.45, 2.75) is 50.7 Å². The van der Waals surface area contributed by atoms with Gasteiger partial charge in [0.15, 0.2) is 0 Å². The highest BCUT2D eigenvalue weighted by molar-refractivity contribution is 5.78. The lowest BCUT2D eigenvalue weighted by Gasteiger charge is -2.31. The van der Waals surface area contributed by atoms with Gasteiger partial charge in [-0.1, -0.05) is 19.3 Å². The molecule has 0 unspecified atom stereocenters. The molecule has 22 heavy (non-hydrogen) atoms. The van der Waals surface area contributed by atoms with E-state index >= 15 is 0 Å². The summed E-state index contributed by atoms with van der Waals surface area (Å²) in [7, 11) is 0. The maximum atomic E-state index is 12.0. The van der Waals surface area contributed by atoms with Crippen LogP contribution in [0.15, 0.2) is 24.3 Å². The standard InChI is InChI=1S/C15H20F2N2O3/c16-14(17)22-12-6-4-11(5-7-12)18-19-13(20)10-15(21)8-2-1-3-9-15/h4-7,14,18,21H,1-3,8-10H2,(H,19,20). The molecule has 1 aromatic carbocycles. The van der Waals surface area contributed by atoms with Gasteiger partial charge in [-0.05, 0) is 37.1 Å². The second-order valence-corrected chi connectivity index (χ2v) is 5.54. The van der Waals surface area contributed by atoms with Crippen molar-refractivity contribution in [1.82, 2.24) is 5.43 Å². The van der Waals surface area contributed by atoms with E-state index in [2.05, 4.69) is 15.6 Å². The van der Waals surface area contributed by atoms with Gasteiger partial charge in [0, 0.05) is 0 Å². The van der Waals surface area contributed by atoms with Gasteiger partial charge in [-0.3, -0.25) is 15.6 Å². The molecule has 0 bridgehead atoms. The minimum absolute atomic E-state index is 0.0448. The van der Waals surface area contributed by atoms with Crippen LogP contribution in [0.25, 0.3) is 0 Å². The van der Waals surface area contributed by atoms with Crippen molar-refractivity contribution in [2.24, 2.45) is 0 Å². The van der Waals surface area contributed by atoms with Gasteiger partial charge in [-0.15, -0.1) is 0 Å². The van der Waals surface area contributed by atoms with E-state index in [0.29, 0.717) is 18.5 Å². The summed E-state index contributed by atoms with van der Waals surface area (Å²) < 4.78 is 28.3. The number of ether oxygens (including phenoxy) is 1. The van der Waals surface area contributed by atoms with Gasteiger partial charge in [0.05, 0.1) is 17.7 Å². The van der Waals surface area contributed by atoms with Crippen LogP contribution in [-0.2, 0) is 4.79 Å². The monoisotopic (exact) mass is 314 g/mol. The van der Waals surface area contributed by atoms with Gasteiger partial charge in [-0.25, -0.2) is 0 Å². The SMILES string of the molecule is O=C(CC1(O)CCCCC1)NNc1ccc(OC(F)F)cc1. The van der Waals surface area contributed by atoms with Crippen molar-refractivity contribution in [3.63, 3.8) is 0 Å². The molecule has 0 spiro atoms. The predicted molar refractivity (Wildman–Crippen MR) is 77.5 cm³/mol. The molecule has 0 heterocycles. The van der Waals surface area contributed by atoms with Crippen LogP contribution in [0.1, 0.15) is 38.5 Å². The molecule has 1 aromatic rings. The predicted octanol–water partition coefficient (Wildman–Crippen LogP) is 2.82. The Labute approximate surface area is 127 Å². The molecule has 1 aliphatic carbocycles. The average Bonchev–Trinajstić information content (AvgIpc) is 2.46. The number of hydrogen-bond donors (Lipinski definition) is 3. The molecule has 0 atom stereocenters. The van der Waals surface area contributed by atoms with Crippen molar-refractivity contribution in [3.8, 4) is 5.75 Å². The number of alkyl halides is 2. The Morgan fingerprint density at radius 3 is 2.45 bits per heavy atom. The molecule has 1 fully saturated rings. The maximum absolute atomic E-state index is 12.0. The van der Waals surface area contributed by atoms with Gasteiger partial charge in [-0.2, -0.15) is 8.78 Å². The maximum Gasteiger partial charge on any atom is 0.387 e. The van der Waals surface area contributed by atoms with Gasteiger partial charge < -0.3 is 9.84 Å². The lowest BCUT2D eigenvalue weighted by molar-refractivity contribution is -0.126. The van der Waals surface area contributed by atoms with Crippen LogP contribution in [0, 0.1) is 0 Å². The first-order chi connectivity index (χ1) is 10.5. The lowest BCUT2D eigenvalue weighted by atomic mass is 9.82. The average molecular weight is 314 g/mol. The smallest absolute Gasteiger partial charge is 0.387 e. The van der Waals surface area contributed by atoms with E-state index in [1.165, 1.54) is 24.3 Å². The van der Waals surface area contributed by atoms with E-state index in [1.807, 2.05) is 0 Å². The summed E-state index contributed by atoms with van der Waals surface area (Å²) >= 11 is 0. The summed E-state index contributed by atoms with van der Waals surface area (Å²) in [6.07, 6.45) is 4.29. The summed E-state index contributed by atoms with van der Waals surface area (Å²) in [5.41, 5.74) is 4.79. The van der Waals surface area contributed by atoms with E-state index in [-0.39, 0.29) is 18.1 Å². The Kier molecular flexibility index (Phi) is 5.54. The van der Waals surface area contributed by atoms with Crippen molar-refractivity contribution in [1.29, 1.82) is 0 Å². The van der Waals surface area contributed by atoms with E-state index < -0.39 is 12.2 Å². The van der Waals surface area contributed by atoms with E-state index in [9.17, 15) is 18.7 Å². The number of rotatable bonds is 6. The third-order valence-corrected chi connectivity index (χ3v) is 3.70. The van der Waals surface area contributed by atoms with Crippen LogP contribution in [-0.4, -0.2) is 23.2 Å². The number of benzene rings is 1. The van der Waals surface area contributed by atoms with Gasteiger partial charge in [0.2, 0.25) is 5.91 Å². The molecule has 0 radical (unpaired) electrons. The van der Waals surface area contributed by atoms with Gasteiger partial charge in [0.1, 0.15) is 5.75 Å². The normalized spacial score (nSPS) is 17.1.